The lowest BCUT2D eigenvalue weighted by molar-refractivity contribution is -0.126. The third-order valence-corrected chi connectivity index (χ3v) is 3.77. The molecule has 3 atom stereocenters. The summed E-state index contributed by atoms with van der Waals surface area (Å²) >= 11 is 0. The lowest BCUT2D eigenvalue weighted by Gasteiger charge is -2.31. The second-order valence-corrected chi connectivity index (χ2v) is 4.90. The molecule has 1 heterocycles. The number of carbonyl (C=O) groups is 1. The number of amides is 1. The van der Waals surface area contributed by atoms with Crippen molar-refractivity contribution in [3.05, 3.63) is 0 Å². The van der Waals surface area contributed by atoms with Crippen LogP contribution in [0.4, 0.5) is 0 Å². The molecule has 0 radical (unpaired) electrons. The van der Waals surface area contributed by atoms with Crippen LogP contribution < -0.4 is 5.32 Å². The molecular formula is C12H21NO3. The summed E-state index contributed by atoms with van der Waals surface area (Å²) < 4.78 is 5.21. The van der Waals surface area contributed by atoms with Gasteiger partial charge in [0.15, 0.2) is 0 Å². The highest BCUT2D eigenvalue weighted by Crippen LogP contribution is 2.24. The number of nitrogens with one attached hydrogen (secondary N) is 1. The summed E-state index contributed by atoms with van der Waals surface area (Å²) in [4.78, 5) is 11.9. The van der Waals surface area contributed by atoms with Gasteiger partial charge < -0.3 is 15.2 Å². The molecule has 1 saturated heterocycles. The lowest BCUT2D eigenvalue weighted by Crippen LogP contribution is -2.45. The van der Waals surface area contributed by atoms with E-state index < -0.39 is 0 Å². The average Bonchev–Trinajstić information content (AvgIpc) is 2.83. The van der Waals surface area contributed by atoms with Gasteiger partial charge >= 0.3 is 0 Å². The number of aliphatic hydroxyl groups is 1. The van der Waals surface area contributed by atoms with E-state index in [0.717, 1.165) is 25.7 Å². The first-order chi connectivity index (χ1) is 7.81. The fourth-order valence-corrected chi connectivity index (χ4v) is 2.66. The van der Waals surface area contributed by atoms with Crippen molar-refractivity contribution in [1.82, 2.24) is 5.32 Å². The molecule has 0 aromatic heterocycles. The third-order valence-electron chi connectivity index (χ3n) is 3.77. The summed E-state index contributed by atoms with van der Waals surface area (Å²) in [6.45, 7) is 1.45. The minimum atomic E-state index is 0.0290. The van der Waals surface area contributed by atoms with Crippen LogP contribution >= 0.6 is 0 Å². The first kappa shape index (κ1) is 11.9. The molecule has 4 heteroatoms. The van der Waals surface area contributed by atoms with Crippen molar-refractivity contribution in [2.75, 3.05) is 19.8 Å². The first-order valence-corrected chi connectivity index (χ1v) is 6.30. The highest BCUT2D eigenvalue weighted by molar-refractivity contribution is 5.79. The molecule has 0 aromatic rings. The van der Waals surface area contributed by atoms with Crippen LogP contribution in [0.25, 0.3) is 0 Å². The molecule has 1 amide bonds. The molecule has 1 aliphatic heterocycles. The minimum absolute atomic E-state index is 0.0290. The van der Waals surface area contributed by atoms with Gasteiger partial charge in [-0.2, -0.15) is 0 Å². The molecule has 16 heavy (non-hydrogen) atoms. The zero-order valence-electron chi connectivity index (χ0n) is 9.65. The van der Waals surface area contributed by atoms with E-state index in [2.05, 4.69) is 5.32 Å². The third kappa shape index (κ3) is 2.74. The zero-order valence-corrected chi connectivity index (χ0v) is 9.65. The smallest absolute Gasteiger partial charge is 0.225 e. The molecule has 1 saturated carbocycles. The SMILES string of the molecule is O=C(NC1CCCCC1CO)C1CCOC1. The van der Waals surface area contributed by atoms with E-state index in [9.17, 15) is 9.90 Å². The van der Waals surface area contributed by atoms with Crippen LogP contribution in [-0.4, -0.2) is 36.9 Å². The molecule has 0 aromatic carbocycles. The average molecular weight is 227 g/mol. The molecule has 2 fully saturated rings. The van der Waals surface area contributed by atoms with Crippen LogP contribution in [0.5, 0.6) is 0 Å². The number of hydrogen-bond acceptors (Lipinski definition) is 3. The Kier molecular flexibility index (Phi) is 4.18. The van der Waals surface area contributed by atoms with E-state index in [0.29, 0.717) is 13.2 Å². The molecule has 1 aliphatic carbocycles. The Morgan fingerprint density at radius 2 is 2.12 bits per heavy atom. The van der Waals surface area contributed by atoms with Crippen LogP contribution in [0, 0.1) is 11.8 Å². The van der Waals surface area contributed by atoms with Crippen molar-refractivity contribution in [1.29, 1.82) is 0 Å². The second kappa shape index (κ2) is 5.64. The maximum absolute atomic E-state index is 11.9. The molecule has 3 unspecified atom stereocenters. The van der Waals surface area contributed by atoms with Crippen molar-refractivity contribution in [2.24, 2.45) is 11.8 Å². The van der Waals surface area contributed by atoms with Gasteiger partial charge in [-0.15, -0.1) is 0 Å². The van der Waals surface area contributed by atoms with Gasteiger partial charge in [-0.3, -0.25) is 4.79 Å². The summed E-state index contributed by atoms with van der Waals surface area (Å²) in [5, 5.41) is 12.3. The van der Waals surface area contributed by atoms with Crippen molar-refractivity contribution in [2.45, 2.75) is 38.1 Å². The van der Waals surface area contributed by atoms with Crippen LogP contribution in [-0.2, 0) is 9.53 Å². The molecule has 2 aliphatic rings. The fourth-order valence-electron chi connectivity index (χ4n) is 2.66. The van der Waals surface area contributed by atoms with Crippen molar-refractivity contribution in [3.63, 3.8) is 0 Å². The predicted molar refractivity (Wildman–Crippen MR) is 59.9 cm³/mol. The van der Waals surface area contributed by atoms with Gasteiger partial charge in [0.25, 0.3) is 0 Å². The van der Waals surface area contributed by atoms with E-state index in [1.165, 1.54) is 6.42 Å². The van der Waals surface area contributed by atoms with E-state index >= 15 is 0 Å². The van der Waals surface area contributed by atoms with Gasteiger partial charge in [0.2, 0.25) is 5.91 Å². The largest absolute Gasteiger partial charge is 0.396 e. The van der Waals surface area contributed by atoms with Gasteiger partial charge in [0.1, 0.15) is 0 Å². The van der Waals surface area contributed by atoms with E-state index in [-0.39, 0.29) is 30.4 Å². The maximum atomic E-state index is 11.9. The van der Waals surface area contributed by atoms with Crippen molar-refractivity contribution >= 4 is 5.91 Å². The highest BCUT2D eigenvalue weighted by Gasteiger charge is 2.30. The molecule has 4 nitrogen and oxygen atoms in total. The van der Waals surface area contributed by atoms with Crippen LogP contribution in [0.3, 0.4) is 0 Å². The Bertz CT molecular complexity index is 238. The first-order valence-electron chi connectivity index (χ1n) is 6.30. The summed E-state index contributed by atoms with van der Waals surface area (Å²) in [5.41, 5.74) is 0. The maximum Gasteiger partial charge on any atom is 0.225 e. The molecule has 0 spiro atoms. The second-order valence-electron chi connectivity index (χ2n) is 4.90. The normalized spacial score (nSPS) is 34.9. The highest BCUT2D eigenvalue weighted by atomic mass is 16.5. The van der Waals surface area contributed by atoms with Gasteiger partial charge in [0.05, 0.1) is 12.5 Å². The fraction of sp³-hybridized carbons (Fsp3) is 0.917. The van der Waals surface area contributed by atoms with E-state index in [1.807, 2.05) is 0 Å². The molecule has 2 rings (SSSR count). The van der Waals surface area contributed by atoms with Gasteiger partial charge in [0, 0.05) is 25.2 Å². The Hall–Kier alpha value is -0.610. The number of ether oxygens (including phenoxy) is 1. The molecule has 2 N–H and O–H groups in total. The van der Waals surface area contributed by atoms with Crippen LogP contribution in [0.15, 0.2) is 0 Å². The summed E-state index contributed by atoms with van der Waals surface area (Å²) in [6.07, 6.45) is 5.20. The van der Waals surface area contributed by atoms with Gasteiger partial charge in [-0.25, -0.2) is 0 Å². The number of rotatable bonds is 3. The predicted octanol–water partition coefficient (Wildman–Crippen LogP) is 0.690. The van der Waals surface area contributed by atoms with E-state index in [4.69, 9.17) is 4.74 Å². The van der Waals surface area contributed by atoms with Crippen molar-refractivity contribution < 1.29 is 14.6 Å². The number of carbonyl (C=O) groups excluding carboxylic acids is 1. The standard InChI is InChI=1S/C12H21NO3/c14-7-9-3-1-2-4-11(9)13-12(15)10-5-6-16-8-10/h9-11,14H,1-8H2,(H,13,15). The Balaban J connectivity index is 1.84. The summed E-state index contributed by atoms with van der Waals surface area (Å²) in [7, 11) is 0. The summed E-state index contributed by atoms with van der Waals surface area (Å²) in [6, 6.07) is 0.173. The van der Waals surface area contributed by atoms with Crippen LogP contribution in [0.2, 0.25) is 0 Å². The zero-order chi connectivity index (χ0) is 11.4. The lowest BCUT2D eigenvalue weighted by atomic mass is 9.84. The van der Waals surface area contributed by atoms with Crippen molar-refractivity contribution in [3.8, 4) is 0 Å². The number of aliphatic hydroxyl groups excluding tert-OH is 1. The molecular weight excluding hydrogens is 206 g/mol. The summed E-state index contributed by atoms with van der Waals surface area (Å²) in [5.74, 6) is 0.393. The Labute approximate surface area is 96.4 Å². The number of hydrogen-bond donors (Lipinski definition) is 2. The quantitative estimate of drug-likeness (QED) is 0.746. The minimum Gasteiger partial charge on any atom is -0.396 e. The molecule has 0 bridgehead atoms. The van der Waals surface area contributed by atoms with Gasteiger partial charge in [-0.05, 0) is 19.3 Å². The molecule has 92 valence electrons. The van der Waals surface area contributed by atoms with Crippen LogP contribution in [0.1, 0.15) is 32.1 Å². The monoisotopic (exact) mass is 227 g/mol. The van der Waals surface area contributed by atoms with E-state index in [1.54, 1.807) is 0 Å². The Morgan fingerprint density at radius 3 is 2.81 bits per heavy atom. The Morgan fingerprint density at radius 1 is 1.31 bits per heavy atom. The van der Waals surface area contributed by atoms with Gasteiger partial charge in [-0.1, -0.05) is 12.8 Å². The topological polar surface area (TPSA) is 58.6 Å².